The molecule has 7 heteroatoms. The van der Waals surface area contributed by atoms with E-state index in [1.54, 1.807) is 12.1 Å². The highest BCUT2D eigenvalue weighted by Gasteiger charge is 2.35. The maximum Gasteiger partial charge on any atom is 0.208 e. The Labute approximate surface area is 335 Å². The summed E-state index contributed by atoms with van der Waals surface area (Å²) < 4.78 is 29.8. The molecule has 10 aromatic rings. The third-order valence-corrected chi connectivity index (χ3v) is 12.9. The maximum absolute atomic E-state index is 13.8. The van der Waals surface area contributed by atoms with E-state index < -0.39 is 9.84 Å². The van der Waals surface area contributed by atoms with Crippen LogP contribution in [0.25, 0.3) is 95.0 Å². The molecule has 58 heavy (non-hydrogen) atoms. The number of hydrogen-bond donors (Lipinski definition) is 0. The lowest BCUT2D eigenvalue weighted by Gasteiger charge is -2.12. The van der Waals surface area contributed by atoms with E-state index in [1.165, 1.54) is 0 Å². The van der Waals surface area contributed by atoms with E-state index in [0.717, 1.165) is 72.0 Å². The molecule has 0 N–H and O–H groups in total. The molecule has 0 fully saturated rings. The maximum atomic E-state index is 13.8. The van der Waals surface area contributed by atoms with E-state index in [9.17, 15) is 8.42 Å². The highest BCUT2D eigenvalue weighted by molar-refractivity contribution is 7.92. The van der Waals surface area contributed by atoms with E-state index in [-0.39, 0.29) is 0 Å². The van der Waals surface area contributed by atoms with Gasteiger partial charge in [0, 0.05) is 49.8 Å². The van der Waals surface area contributed by atoms with Gasteiger partial charge < -0.3 is 4.57 Å². The Balaban J connectivity index is 0.986. The summed E-state index contributed by atoms with van der Waals surface area (Å²) in [4.78, 5) is 15.5. The van der Waals surface area contributed by atoms with Gasteiger partial charge >= 0.3 is 0 Å². The Morgan fingerprint density at radius 2 is 0.879 bits per heavy atom. The third-order valence-electron chi connectivity index (χ3n) is 11.0. The van der Waals surface area contributed by atoms with Gasteiger partial charge in [-0.2, -0.15) is 0 Å². The second-order valence-corrected chi connectivity index (χ2v) is 16.3. The SMILES string of the molecule is O=S1(=O)c2ccccc2-c2cccc(-c3ccc(-n4c5ccccc5c5cc(-c6cccc(-c7nc(-c8ccccc8)nc(-c8ccccc8)n7)c6)ccc54)cc3)c21. The fourth-order valence-corrected chi connectivity index (χ4v) is 10.2. The molecule has 0 aliphatic carbocycles. The minimum absolute atomic E-state index is 0.366. The molecule has 0 bridgehead atoms. The predicted molar refractivity (Wildman–Crippen MR) is 232 cm³/mol. The highest BCUT2D eigenvalue weighted by atomic mass is 32.2. The monoisotopic (exact) mass is 764 g/mol. The van der Waals surface area contributed by atoms with Gasteiger partial charge in [-0.05, 0) is 59.2 Å². The zero-order chi connectivity index (χ0) is 38.8. The minimum atomic E-state index is -3.64. The van der Waals surface area contributed by atoms with E-state index >= 15 is 0 Å². The van der Waals surface area contributed by atoms with Crippen molar-refractivity contribution in [3.8, 4) is 73.2 Å². The number of aromatic nitrogens is 4. The fraction of sp³-hybridized carbons (Fsp3) is 0. The first-order valence-electron chi connectivity index (χ1n) is 19.1. The van der Waals surface area contributed by atoms with Crippen LogP contribution in [0.3, 0.4) is 0 Å². The number of hydrogen-bond acceptors (Lipinski definition) is 5. The Morgan fingerprint density at radius 1 is 0.362 bits per heavy atom. The molecule has 0 unspecified atom stereocenters. The number of fused-ring (bicyclic) bond motifs is 6. The third kappa shape index (κ3) is 5.47. The first-order valence-corrected chi connectivity index (χ1v) is 20.6. The first kappa shape index (κ1) is 33.8. The summed E-state index contributed by atoms with van der Waals surface area (Å²) in [5.74, 6) is 1.86. The van der Waals surface area contributed by atoms with Crippen LogP contribution in [0.5, 0.6) is 0 Å². The van der Waals surface area contributed by atoms with Crippen molar-refractivity contribution in [2.75, 3.05) is 0 Å². The second-order valence-electron chi connectivity index (χ2n) is 14.4. The van der Waals surface area contributed by atoms with Gasteiger partial charge in [-0.25, -0.2) is 23.4 Å². The molecule has 8 aromatic carbocycles. The summed E-state index contributed by atoms with van der Waals surface area (Å²) in [6.45, 7) is 0. The molecule has 1 aliphatic heterocycles. The number of para-hydroxylation sites is 1. The molecule has 0 saturated carbocycles. The zero-order valence-corrected chi connectivity index (χ0v) is 31.8. The molecule has 0 radical (unpaired) electrons. The van der Waals surface area contributed by atoms with Crippen molar-refractivity contribution >= 4 is 31.6 Å². The van der Waals surface area contributed by atoms with Gasteiger partial charge in [-0.15, -0.1) is 0 Å². The molecule has 0 amide bonds. The summed E-state index contributed by atoms with van der Waals surface area (Å²) in [7, 11) is -3.64. The molecule has 2 aromatic heterocycles. The van der Waals surface area contributed by atoms with Crippen LogP contribution in [0.4, 0.5) is 0 Å². The Morgan fingerprint density at radius 3 is 1.62 bits per heavy atom. The van der Waals surface area contributed by atoms with Gasteiger partial charge in [0.1, 0.15) is 0 Å². The number of benzene rings is 8. The van der Waals surface area contributed by atoms with E-state index in [0.29, 0.717) is 32.8 Å². The summed E-state index contributed by atoms with van der Waals surface area (Å²) in [5.41, 5.74) is 11.1. The molecule has 11 rings (SSSR count). The van der Waals surface area contributed by atoms with E-state index in [1.807, 2.05) is 103 Å². The lowest BCUT2D eigenvalue weighted by atomic mass is 9.99. The predicted octanol–water partition coefficient (Wildman–Crippen LogP) is 12.1. The van der Waals surface area contributed by atoms with Crippen LogP contribution in [-0.4, -0.2) is 27.9 Å². The molecule has 3 heterocycles. The van der Waals surface area contributed by atoms with Crippen molar-refractivity contribution in [3.63, 3.8) is 0 Å². The molecule has 6 nitrogen and oxygen atoms in total. The number of rotatable bonds is 6. The summed E-state index contributed by atoms with van der Waals surface area (Å²) in [5, 5.41) is 2.27. The Kier molecular flexibility index (Phi) is 7.77. The first-order chi connectivity index (χ1) is 28.5. The Bertz CT molecular complexity index is 3280. The van der Waals surface area contributed by atoms with Crippen molar-refractivity contribution in [1.29, 1.82) is 0 Å². The van der Waals surface area contributed by atoms with Crippen molar-refractivity contribution in [1.82, 2.24) is 19.5 Å². The molecule has 1 aliphatic rings. The molecule has 0 atom stereocenters. The molecule has 0 saturated heterocycles. The number of nitrogens with zero attached hydrogens (tertiary/aromatic N) is 4. The van der Waals surface area contributed by atoms with Gasteiger partial charge in [0.2, 0.25) is 9.84 Å². The average Bonchev–Trinajstić information content (AvgIpc) is 3.75. The second kappa shape index (κ2) is 13.3. The topological polar surface area (TPSA) is 77.7 Å². The van der Waals surface area contributed by atoms with Crippen LogP contribution in [0.15, 0.2) is 204 Å². The van der Waals surface area contributed by atoms with Gasteiger partial charge in [0.15, 0.2) is 17.5 Å². The molecule has 274 valence electrons. The highest BCUT2D eigenvalue weighted by Crippen LogP contribution is 2.47. The van der Waals surface area contributed by atoms with Gasteiger partial charge in [-0.3, -0.25) is 0 Å². The van der Waals surface area contributed by atoms with Gasteiger partial charge in [-0.1, -0.05) is 152 Å². The van der Waals surface area contributed by atoms with Crippen molar-refractivity contribution in [2.45, 2.75) is 9.79 Å². The lowest BCUT2D eigenvalue weighted by molar-refractivity contribution is 0.599. The average molecular weight is 765 g/mol. The largest absolute Gasteiger partial charge is 0.309 e. The van der Waals surface area contributed by atoms with Gasteiger partial charge in [0.05, 0.1) is 20.8 Å². The van der Waals surface area contributed by atoms with Crippen molar-refractivity contribution in [3.05, 3.63) is 194 Å². The van der Waals surface area contributed by atoms with Crippen molar-refractivity contribution in [2.24, 2.45) is 0 Å². The summed E-state index contributed by atoms with van der Waals surface area (Å²) in [6, 6.07) is 64.7. The molecular weight excluding hydrogens is 733 g/mol. The molecule has 0 spiro atoms. The van der Waals surface area contributed by atoms with Crippen LogP contribution in [-0.2, 0) is 9.84 Å². The van der Waals surface area contributed by atoms with E-state index in [2.05, 4.69) is 83.4 Å². The van der Waals surface area contributed by atoms with Crippen LogP contribution in [0.1, 0.15) is 0 Å². The quantitative estimate of drug-likeness (QED) is 0.168. The normalized spacial score (nSPS) is 12.8. The van der Waals surface area contributed by atoms with Crippen LogP contribution in [0.2, 0.25) is 0 Å². The molecular formula is C51H32N4O2S. The fourth-order valence-electron chi connectivity index (χ4n) is 8.30. The smallest absolute Gasteiger partial charge is 0.208 e. The lowest BCUT2D eigenvalue weighted by Crippen LogP contribution is -2.00. The van der Waals surface area contributed by atoms with E-state index in [4.69, 9.17) is 15.0 Å². The van der Waals surface area contributed by atoms with Crippen LogP contribution < -0.4 is 0 Å². The summed E-state index contributed by atoms with van der Waals surface area (Å²) >= 11 is 0. The minimum Gasteiger partial charge on any atom is -0.309 e. The van der Waals surface area contributed by atoms with Crippen LogP contribution in [0, 0.1) is 0 Å². The summed E-state index contributed by atoms with van der Waals surface area (Å²) in [6.07, 6.45) is 0. The van der Waals surface area contributed by atoms with Gasteiger partial charge in [0.25, 0.3) is 0 Å². The Hall–Kier alpha value is -7.48. The van der Waals surface area contributed by atoms with Crippen molar-refractivity contribution < 1.29 is 8.42 Å². The standard InChI is InChI=1S/C51H32N4O2S/c56-58(57)47-24-10-8-20-42(47)43-22-12-21-40(48(43)58)33-25-28-39(29-26-33)55-45-23-9-7-19-41(45)44-32-37(27-30-46(44)55)36-17-11-18-38(31-36)51-53-49(34-13-3-1-4-14-34)52-50(54-51)35-15-5-2-6-16-35/h1-32H. The van der Waals surface area contributed by atoms with Crippen LogP contribution >= 0.6 is 0 Å². The number of sulfone groups is 1. The zero-order valence-electron chi connectivity index (χ0n) is 31.0.